The zero-order valence-electron chi connectivity index (χ0n) is 9.51. The van der Waals surface area contributed by atoms with Gasteiger partial charge in [0.25, 0.3) is 0 Å². The number of anilines is 1. The van der Waals surface area contributed by atoms with Crippen molar-refractivity contribution in [3.8, 4) is 5.75 Å². The number of carbonyl (C=O) groups excluding carboxylic acids is 1. The summed E-state index contributed by atoms with van der Waals surface area (Å²) >= 11 is 0. The van der Waals surface area contributed by atoms with Gasteiger partial charge in [-0.25, -0.2) is 4.79 Å². The molecule has 6 heteroatoms. The number of methoxy groups -OCH3 is 1. The van der Waals surface area contributed by atoms with Gasteiger partial charge in [-0.15, -0.1) is 0 Å². The molecule has 17 heavy (non-hydrogen) atoms. The van der Waals surface area contributed by atoms with Gasteiger partial charge in [0.05, 0.1) is 32.1 Å². The maximum atomic E-state index is 11.5. The van der Waals surface area contributed by atoms with Crippen LogP contribution in [0.15, 0.2) is 24.3 Å². The highest BCUT2D eigenvalue weighted by Gasteiger charge is 2.11. The second-order valence-corrected chi connectivity index (χ2v) is 3.36. The molecule has 2 amide bonds. The zero-order valence-corrected chi connectivity index (χ0v) is 9.51. The SMILES string of the molecule is COc1ccccc1NC(=O)NC(CO)CO. The lowest BCUT2D eigenvalue weighted by Crippen LogP contribution is -2.42. The maximum absolute atomic E-state index is 11.5. The summed E-state index contributed by atoms with van der Waals surface area (Å²) in [4.78, 5) is 11.5. The van der Waals surface area contributed by atoms with E-state index in [0.717, 1.165) is 0 Å². The second-order valence-electron chi connectivity index (χ2n) is 3.36. The summed E-state index contributed by atoms with van der Waals surface area (Å²) in [5, 5.41) is 22.6. The van der Waals surface area contributed by atoms with Crippen LogP contribution in [0.25, 0.3) is 0 Å². The summed E-state index contributed by atoms with van der Waals surface area (Å²) in [7, 11) is 1.50. The monoisotopic (exact) mass is 240 g/mol. The number of ether oxygens (including phenoxy) is 1. The molecular weight excluding hydrogens is 224 g/mol. The minimum absolute atomic E-state index is 0.324. The lowest BCUT2D eigenvalue weighted by Gasteiger charge is -2.15. The molecule has 0 aliphatic carbocycles. The smallest absolute Gasteiger partial charge is 0.319 e. The molecule has 0 bridgehead atoms. The van der Waals surface area contributed by atoms with Crippen LogP contribution in [0.2, 0.25) is 0 Å². The normalized spacial score (nSPS) is 10.1. The first kappa shape index (κ1) is 13.3. The van der Waals surface area contributed by atoms with E-state index in [-0.39, 0.29) is 13.2 Å². The topological polar surface area (TPSA) is 90.8 Å². The van der Waals surface area contributed by atoms with E-state index in [0.29, 0.717) is 11.4 Å². The Morgan fingerprint density at radius 2 is 2.00 bits per heavy atom. The van der Waals surface area contributed by atoms with Crippen molar-refractivity contribution in [2.45, 2.75) is 6.04 Å². The van der Waals surface area contributed by atoms with Gasteiger partial charge in [-0.05, 0) is 12.1 Å². The Balaban J connectivity index is 2.61. The third kappa shape index (κ3) is 3.93. The number of aliphatic hydroxyl groups excluding tert-OH is 2. The molecule has 1 aromatic carbocycles. The fraction of sp³-hybridized carbons (Fsp3) is 0.364. The summed E-state index contributed by atoms with van der Waals surface area (Å²) < 4.78 is 5.06. The van der Waals surface area contributed by atoms with Crippen molar-refractivity contribution in [3.63, 3.8) is 0 Å². The highest BCUT2D eigenvalue weighted by Crippen LogP contribution is 2.22. The quantitative estimate of drug-likeness (QED) is 0.590. The number of para-hydroxylation sites is 2. The fourth-order valence-electron chi connectivity index (χ4n) is 1.24. The van der Waals surface area contributed by atoms with Crippen molar-refractivity contribution in [1.29, 1.82) is 0 Å². The molecule has 0 atom stereocenters. The first-order chi connectivity index (χ1) is 8.21. The van der Waals surface area contributed by atoms with Gasteiger partial charge in [-0.1, -0.05) is 12.1 Å². The van der Waals surface area contributed by atoms with E-state index < -0.39 is 12.1 Å². The average Bonchev–Trinajstić information content (AvgIpc) is 2.36. The first-order valence-corrected chi connectivity index (χ1v) is 5.13. The van der Waals surface area contributed by atoms with Crippen LogP contribution in [-0.4, -0.2) is 42.6 Å². The maximum Gasteiger partial charge on any atom is 0.319 e. The number of carbonyl (C=O) groups is 1. The largest absolute Gasteiger partial charge is 0.495 e. The molecule has 0 heterocycles. The number of amides is 2. The molecule has 0 aliphatic rings. The summed E-state index contributed by atoms with van der Waals surface area (Å²) in [6, 6.07) is 5.75. The average molecular weight is 240 g/mol. The van der Waals surface area contributed by atoms with Crippen molar-refractivity contribution in [3.05, 3.63) is 24.3 Å². The highest BCUT2D eigenvalue weighted by molar-refractivity contribution is 5.91. The van der Waals surface area contributed by atoms with E-state index in [4.69, 9.17) is 14.9 Å². The van der Waals surface area contributed by atoms with Crippen LogP contribution in [0.4, 0.5) is 10.5 Å². The highest BCUT2D eigenvalue weighted by atomic mass is 16.5. The summed E-state index contributed by atoms with van der Waals surface area (Å²) in [6.07, 6.45) is 0. The fourth-order valence-corrected chi connectivity index (χ4v) is 1.24. The minimum Gasteiger partial charge on any atom is -0.495 e. The molecule has 0 saturated carbocycles. The van der Waals surface area contributed by atoms with Crippen LogP contribution in [0.3, 0.4) is 0 Å². The van der Waals surface area contributed by atoms with E-state index in [1.165, 1.54) is 7.11 Å². The number of urea groups is 1. The van der Waals surface area contributed by atoms with Crippen LogP contribution < -0.4 is 15.4 Å². The lowest BCUT2D eigenvalue weighted by atomic mass is 10.3. The van der Waals surface area contributed by atoms with Gasteiger partial charge in [0.15, 0.2) is 0 Å². The molecule has 1 rings (SSSR count). The third-order valence-corrected chi connectivity index (χ3v) is 2.13. The van der Waals surface area contributed by atoms with E-state index in [9.17, 15) is 4.79 Å². The van der Waals surface area contributed by atoms with E-state index >= 15 is 0 Å². The molecular formula is C11H16N2O4. The first-order valence-electron chi connectivity index (χ1n) is 5.13. The van der Waals surface area contributed by atoms with Crippen LogP contribution in [0.5, 0.6) is 5.75 Å². The summed E-state index contributed by atoms with van der Waals surface area (Å²) in [6.45, 7) is -0.647. The Kier molecular flexibility index (Phi) is 5.25. The predicted octanol–water partition coefficient (Wildman–Crippen LogP) is 0.170. The molecule has 0 spiro atoms. The molecule has 4 N–H and O–H groups in total. The number of nitrogens with one attached hydrogen (secondary N) is 2. The van der Waals surface area contributed by atoms with Crippen LogP contribution in [-0.2, 0) is 0 Å². The minimum atomic E-state index is -0.676. The van der Waals surface area contributed by atoms with E-state index in [2.05, 4.69) is 10.6 Å². The molecule has 94 valence electrons. The van der Waals surface area contributed by atoms with Crippen molar-refractivity contribution < 1.29 is 19.7 Å². The summed E-state index contributed by atoms with van der Waals surface area (Å²) in [5.41, 5.74) is 0.516. The van der Waals surface area contributed by atoms with Gasteiger partial charge in [0, 0.05) is 0 Å². The zero-order chi connectivity index (χ0) is 12.7. The second kappa shape index (κ2) is 6.72. The number of benzene rings is 1. The van der Waals surface area contributed by atoms with Crippen LogP contribution in [0.1, 0.15) is 0 Å². The molecule has 0 radical (unpaired) electrons. The molecule has 1 aromatic rings. The predicted molar refractivity (Wildman–Crippen MR) is 63.1 cm³/mol. The van der Waals surface area contributed by atoms with E-state index in [1.54, 1.807) is 24.3 Å². The van der Waals surface area contributed by atoms with Crippen molar-refractivity contribution in [2.75, 3.05) is 25.6 Å². The molecule has 0 unspecified atom stereocenters. The van der Waals surface area contributed by atoms with Gasteiger partial charge < -0.3 is 25.6 Å². The molecule has 6 nitrogen and oxygen atoms in total. The number of aliphatic hydroxyl groups is 2. The third-order valence-electron chi connectivity index (χ3n) is 2.13. The standard InChI is InChI=1S/C11H16N2O4/c1-17-10-5-3-2-4-9(10)13-11(16)12-8(6-14)7-15/h2-5,8,14-15H,6-7H2,1H3,(H2,12,13,16). The van der Waals surface area contributed by atoms with Gasteiger partial charge in [0.2, 0.25) is 0 Å². The van der Waals surface area contributed by atoms with Gasteiger partial charge >= 0.3 is 6.03 Å². The van der Waals surface area contributed by atoms with Crippen LogP contribution in [0, 0.1) is 0 Å². The molecule has 0 saturated heterocycles. The Bertz CT molecular complexity index is 366. The van der Waals surface area contributed by atoms with Gasteiger partial charge in [-0.3, -0.25) is 0 Å². The Morgan fingerprint density at radius 3 is 2.59 bits per heavy atom. The molecule has 0 aliphatic heterocycles. The Morgan fingerprint density at radius 1 is 1.35 bits per heavy atom. The van der Waals surface area contributed by atoms with Crippen molar-refractivity contribution in [1.82, 2.24) is 5.32 Å². The summed E-state index contributed by atoms with van der Waals surface area (Å²) in [5.74, 6) is 0.534. The van der Waals surface area contributed by atoms with E-state index in [1.807, 2.05) is 0 Å². The molecule has 0 aromatic heterocycles. The van der Waals surface area contributed by atoms with Crippen molar-refractivity contribution >= 4 is 11.7 Å². The number of rotatable bonds is 5. The van der Waals surface area contributed by atoms with Gasteiger partial charge in [-0.2, -0.15) is 0 Å². The lowest BCUT2D eigenvalue weighted by molar-refractivity contribution is 0.172. The van der Waals surface area contributed by atoms with Gasteiger partial charge in [0.1, 0.15) is 5.75 Å². The Labute approximate surface area is 99.2 Å². The van der Waals surface area contributed by atoms with Crippen molar-refractivity contribution in [2.24, 2.45) is 0 Å². The number of hydrogen-bond acceptors (Lipinski definition) is 4. The Hall–Kier alpha value is -1.79. The number of hydrogen-bond donors (Lipinski definition) is 4. The molecule has 0 fully saturated rings. The van der Waals surface area contributed by atoms with Crippen LogP contribution >= 0.6 is 0 Å².